The van der Waals surface area contributed by atoms with Crippen molar-refractivity contribution in [2.45, 2.75) is 31.7 Å². The fourth-order valence-corrected chi connectivity index (χ4v) is 2.47. The van der Waals surface area contributed by atoms with E-state index in [0.29, 0.717) is 31.5 Å². The predicted molar refractivity (Wildman–Crippen MR) is 81.9 cm³/mol. The standard InChI is InChI=1S/C14H21N5O3/c1-19(2)11-7-8-15-13(17-11)18-14(22)16-10-5-3-9(4-6-10)12(20)21/h7-10H,3-6H2,1-2H3,(H,20,21)(H2,15,16,17,18,22). The van der Waals surface area contributed by atoms with E-state index in [1.807, 2.05) is 19.0 Å². The molecule has 0 radical (unpaired) electrons. The van der Waals surface area contributed by atoms with Crippen LogP contribution in [0.15, 0.2) is 12.3 Å². The van der Waals surface area contributed by atoms with Crippen molar-refractivity contribution >= 4 is 23.8 Å². The molecular formula is C14H21N5O3. The number of carboxylic acids is 1. The van der Waals surface area contributed by atoms with E-state index in [9.17, 15) is 9.59 Å². The van der Waals surface area contributed by atoms with Crippen LogP contribution in [-0.4, -0.2) is 47.2 Å². The lowest BCUT2D eigenvalue weighted by Crippen LogP contribution is -2.41. The van der Waals surface area contributed by atoms with Crippen LogP contribution in [0.4, 0.5) is 16.6 Å². The van der Waals surface area contributed by atoms with Gasteiger partial charge in [-0.25, -0.2) is 9.78 Å². The highest BCUT2D eigenvalue weighted by atomic mass is 16.4. The van der Waals surface area contributed by atoms with Gasteiger partial charge in [0.25, 0.3) is 0 Å². The number of anilines is 2. The third-order valence-electron chi connectivity index (χ3n) is 3.74. The van der Waals surface area contributed by atoms with Gasteiger partial charge in [0.1, 0.15) is 5.82 Å². The van der Waals surface area contributed by atoms with Crippen molar-refractivity contribution in [2.24, 2.45) is 5.92 Å². The van der Waals surface area contributed by atoms with Gasteiger partial charge in [0.05, 0.1) is 5.92 Å². The lowest BCUT2D eigenvalue weighted by atomic mass is 9.86. The third-order valence-corrected chi connectivity index (χ3v) is 3.74. The molecule has 8 nitrogen and oxygen atoms in total. The van der Waals surface area contributed by atoms with Gasteiger partial charge < -0.3 is 15.3 Å². The number of carbonyl (C=O) groups is 2. The van der Waals surface area contributed by atoms with Crippen molar-refractivity contribution in [3.63, 3.8) is 0 Å². The number of aromatic nitrogens is 2. The Bertz CT molecular complexity index is 541. The molecule has 3 N–H and O–H groups in total. The molecule has 1 aromatic rings. The van der Waals surface area contributed by atoms with Gasteiger partial charge in [-0.15, -0.1) is 0 Å². The zero-order chi connectivity index (χ0) is 16.1. The van der Waals surface area contributed by atoms with Crippen LogP contribution in [0.25, 0.3) is 0 Å². The van der Waals surface area contributed by atoms with E-state index in [0.717, 1.165) is 0 Å². The Morgan fingerprint density at radius 3 is 2.55 bits per heavy atom. The number of nitrogens with zero attached hydrogens (tertiary/aromatic N) is 3. The Morgan fingerprint density at radius 2 is 1.95 bits per heavy atom. The lowest BCUT2D eigenvalue weighted by molar-refractivity contribution is -0.142. The zero-order valence-corrected chi connectivity index (χ0v) is 12.7. The minimum Gasteiger partial charge on any atom is -0.481 e. The molecule has 1 fully saturated rings. The third kappa shape index (κ3) is 4.31. The maximum atomic E-state index is 11.9. The number of urea groups is 1. The maximum Gasteiger partial charge on any atom is 0.321 e. The number of hydrogen-bond donors (Lipinski definition) is 3. The second-order valence-electron chi connectivity index (χ2n) is 5.62. The molecule has 22 heavy (non-hydrogen) atoms. The second-order valence-corrected chi connectivity index (χ2v) is 5.62. The molecule has 8 heteroatoms. The summed E-state index contributed by atoms with van der Waals surface area (Å²) in [5.74, 6) is -0.104. The lowest BCUT2D eigenvalue weighted by Gasteiger charge is -2.26. The van der Waals surface area contributed by atoms with Gasteiger partial charge in [-0.1, -0.05) is 0 Å². The summed E-state index contributed by atoms with van der Waals surface area (Å²) in [6.07, 6.45) is 4.10. The van der Waals surface area contributed by atoms with Gasteiger partial charge in [-0.2, -0.15) is 4.98 Å². The highest BCUT2D eigenvalue weighted by Crippen LogP contribution is 2.24. The molecule has 1 aliphatic rings. The molecule has 0 saturated heterocycles. The van der Waals surface area contributed by atoms with Crippen LogP contribution in [0.3, 0.4) is 0 Å². The largest absolute Gasteiger partial charge is 0.481 e. The average molecular weight is 307 g/mol. The Kier molecular flexibility index (Phi) is 5.13. The molecule has 0 aliphatic heterocycles. The Labute approximate surface area is 128 Å². The fraction of sp³-hybridized carbons (Fsp3) is 0.571. The number of amides is 2. The number of carboxylic acid groups (broad SMARTS) is 1. The van der Waals surface area contributed by atoms with E-state index < -0.39 is 5.97 Å². The fourth-order valence-electron chi connectivity index (χ4n) is 2.47. The molecule has 1 saturated carbocycles. The van der Waals surface area contributed by atoms with Crippen molar-refractivity contribution in [1.82, 2.24) is 15.3 Å². The second kappa shape index (κ2) is 7.06. The van der Waals surface area contributed by atoms with E-state index in [2.05, 4.69) is 20.6 Å². The van der Waals surface area contributed by atoms with E-state index in [-0.39, 0.29) is 23.9 Å². The first-order chi connectivity index (χ1) is 10.5. The van der Waals surface area contributed by atoms with Gasteiger partial charge in [-0.3, -0.25) is 10.1 Å². The molecule has 2 rings (SSSR count). The molecule has 0 bridgehead atoms. The monoisotopic (exact) mass is 307 g/mol. The Balaban J connectivity index is 1.83. The van der Waals surface area contributed by atoms with Crippen LogP contribution < -0.4 is 15.5 Å². The van der Waals surface area contributed by atoms with Gasteiger partial charge in [0.15, 0.2) is 0 Å². The molecule has 0 aromatic carbocycles. The molecule has 120 valence electrons. The van der Waals surface area contributed by atoms with Gasteiger partial charge in [-0.05, 0) is 31.7 Å². The van der Waals surface area contributed by atoms with Crippen LogP contribution in [-0.2, 0) is 4.79 Å². The van der Waals surface area contributed by atoms with Crippen molar-refractivity contribution < 1.29 is 14.7 Å². The molecule has 1 aliphatic carbocycles. The van der Waals surface area contributed by atoms with Crippen LogP contribution in [0, 0.1) is 5.92 Å². The summed E-state index contributed by atoms with van der Waals surface area (Å²) in [4.78, 5) is 32.9. The van der Waals surface area contributed by atoms with Crippen LogP contribution >= 0.6 is 0 Å². The molecular weight excluding hydrogens is 286 g/mol. The number of rotatable bonds is 4. The Morgan fingerprint density at radius 1 is 1.27 bits per heavy atom. The van der Waals surface area contributed by atoms with Gasteiger partial charge in [0, 0.05) is 26.3 Å². The zero-order valence-electron chi connectivity index (χ0n) is 12.7. The number of nitrogens with one attached hydrogen (secondary N) is 2. The normalized spacial score (nSPS) is 21.0. The Hall–Kier alpha value is -2.38. The average Bonchev–Trinajstić information content (AvgIpc) is 2.47. The van der Waals surface area contributed by atoms with Gasteiger partial charge in [0.2, 0.25) is 5.95 Å². The predicted octanol–water partition coefficient (Wildman–Crippen LogP) is 1.31. The summed E-state index contributed by atoms with van der Waals surface area (Å²) in [7, 11) is 3.71. The van der Waals surface area contributed by atoms with Gasteiger partial charge >= 0.3 is 12.0 Å². The van der Waals surface area contributed by atoms with E-state index in [1.165, 1.54) is 0 Å². The quantitative estimate of drug-likeness (QED) is 0.774. The van der Waals surface area contributed by atoms with E-state index >= 15 is 0 Å². The van der Waals surface area contributed by atoms with Crippen molar-refractivity contribution in [3.05, 3.63) is 12.3 Å². The topological polar surface area (TPSA) is 107 Å². The first-order valence-electron chi connectivity index (χ1n) is 7.26. The summed E-state index contributed by atoms with van der Waals surface area (Å²) < 4.78 is 0. The van der Waals surface area contributed by atoms with Crippen LogP contribution in [0.2, 0.25) is 0 Å². The first-order valence-corrected chi connectivity index (χ1v) is 7.26. The summed E-state index contributed by atoms with van der Waals surface area (Å²) in [6, 6.07) is 1.37. The minimum absolute atomic E-state index is 0.00682. The summed E-state index contributed by atoms with van der Waals surface area (Å²) in [5, 5.41) is 14.4. The van der Waals surface area contributed by atoms with Crippen molar-refractivity contribution in [2.75, 3.05) is 24.3 Å². The molecule has 1 aromatic heterocycles. The maximum absolute atomic E-state index is 11.9. The number of aliphatic carboxylic acids is 1. The molecule has 0 unspecified atom stereocenters. The molecule has 1 heterocycles. The SMILES string of the molecule is CN(C)c1ccnc(NC(=O)NC2CCC(C(=O)O)CC2)n1. The molecule has 0 atom stereocenters. The first kappa shape index (κ1) is 16.0. The van der Waals surface area contributed by atoms with Crippen molar-refractivity contribution in [3.8, 4) is 0 Å². The summed E-state index contributed by atoms with van der Waals surface area (Å²) in [5.41, 5.74) is 0. The number of carbonyl (C=O) groups excluding carboxylic acids is 1. The van der Waals surface area contributed by atoms with Crippen LogP contribution in [0.1, 0.15) is 25.7 Å². The number of hydrogen-bond acceptors (Lipinski definition) is 5. The van der Waals surface area contributed by atoms with Crippen molar-refractivity contribution in [1.29, 1.82) is 0 Å². The smallest absolute Gasteiger partial charge is 0.321 e. The van der Waals surface area contributed by atoms with Crippen LogP contribution in [0.5, 0.6) is 0 Å². The minimum atomic E-state index is -0.753. The summed E-state index contributed by atoms with van der Waals surface area (Å²) >= 11 is 0. The molecule has 0 spiro atoms. The summed E-state index contributed by atoms with van der Waals surface area (Å²) in [6.45, 7) is 0. The highest BCUT2D eigenvalue weighted by molar-refractivity contribution is 5.87. The highest BCUT2D eigenvalue weighted by Gasteiger charge is 2.26. The van der Waals surface area contributed by atoms with E-state index in [4.69, 9.17) is 5.11 Å². The van der Waals surface area contributed by atoms with E-state index in [1.54, 1.807) is 12.3 Å². The molecule has 2 amide bonds.